The van der Waals surface area contributed by atoms with Crippen molar-refractivity contribution in [1.82, 2.24) is 25.0 Å². The first kappa shape index (κ1) is 14.8. The Bertz CT molecular complexity index is 557. The molecular formula is C11H16N6O4. The number of carboxylic acids is 1. The van der Waals surface area contributed by atoms with Gasteiger partial charge in [-0.3, -0.25) is 4.79 Å². The standard InChI is InChI=1S/C11H16N6O4/c12-8(18)2-1-7(10(19)20)14-11(21)16-3-4-17-6-13-15-9(17)5-16/h6-7H,1-5H2,(H2,12,18)(H,14,21)(H,19,20)/t7-/m0/s1. The van der Waals surface area contributed by atoms with Crippen molar-refractivity contribution in [2.75, 3.05) is 6.54 Å². The second-order valence-corrected chi connectivity index (χ2v) is 4.71. The van der Waals surface area contributed by atoms with Crippen LogP contribution in [0.15, 0.2) is 6.33 Å². The second kappa shape index (κ2) is 6.20. The Morgan fingerprint density at radius 3 is 2.86 bits per heavy atom. The predicted octanol–water partition coefficient (Wildman–Crippen LogP) is -1.48. The molecule has 3 amide bonds. The summed E-state index contributed by atoms with van der Waals surface area (Å²) in [7, 11) is 0. The van der Waals surface area contributed by atoms with Crippen LogP contribution in [0.3, 0.4) is 0 Å². The van der Waals surface area contributed by atoms with Crippen LogP contribution in [0.1, 0.15) is 18.7 Å². The molecule has 0 radical (unpaired) electrons. The Kier molecular flexibility index (Phi) is 4.36. The highest BCUT2D eigenvalue weighted by Crippen LogP contribution is 2.09. The number of amides is 3. The van der Waals surface area contributed by atoms with Crippen LogP contribution in [0, 0.1) is 0 Å². The van der Waals surface area contributed by atoms with Gasteiger partial charge < -0.3 is 25.6 Å². The number of carboxylic acid groups (broad SMARTS) is 1. The third kappa shape index (κ3) is 3.68. The number of primary amides is 1. The SMILES string of the molecule is NC(=O)CC[C@H](NC(=O)N1CCn2cnnc2C1)C(=O)O. The van der Waals surface area contributed by atoms with Gasteiger partial charge in [-0.15, -0.1) is 10.2 Å². The summed E-state index contributed by atoms with van der Waals surface area (Å²) in [4.78, 5) is 35.3. The maximum absolute atomic E-state index is 12.1. The molecule has 10 heteroatoms. The van der Waals surface area contributed by atoms with Gasteiger partial charge in [-0.25, -0.2) is 9.59 Å². The number of aliphatic carboxylic acids is 1. The average Bonchev–Trinajstić information content (AvgIpc) is 2.89. The van der Waals surface area contributed by atoms with Crippen molar-refractivity contribution in [2.45, 2.75) is 32.0 Å². The summed E-state index contributed by atoms with van der Waals surface area (Å²) in [6.45, 7) is 1.24. The number of fused-ring (bicyclic) bond motifs is 1. The molecule has 0 spiro atoms. The van der Waals surface area contributed by atoms with Crippen LogP contribution in [-0.4, -0.2) is 55.3 Å². The summed E-state index contributed by atoms with van der Waals surface area (Å²) in [5.41, 5.74) is 4.98. The molecule has 10 nitrogen and oxygen atoms in total. The number of hydrogen-bond donors (Lipinski definition) is 3. The summed E-state index contributed by atoms with van der Waals surface area (Å²) >= 11 is 0. The quantitative estimate of drug-likeness (QED) is 0.604. The van der Waals surface area contributed by atoms with Gasteiger partial charge in [0.25, 0.3) is 0 Å². The van der Waals surface area contributed by atoms with Gasteiger partial charge in [0.05, 0.1) is 6.54 Å². The van der Waals surface area contributed by atoms with Crippen molar-refractivity contribution in [1.29, 1.82) is 0 Å². The van der Waals surface area contributed by atoms with Gasteiger partial charge in [-0.05, 0) is 6.42 Å². The minimum absolute atomic E-state index is 0.0412. The van der Waals surface area contributed by atoms with Gasteiger partial charge in [0.1, 0.15) is 12.4 Å². The van der Waals surface area contributed by atoms with E-state index in [4.69, 9.17) is 10.8 Å². The van der Waals surface area contributed by atoms with Crippen LogP contribution < -0.4 is 11.1 Å². The maximum Gasteiger partial charge on any atom is 0.326 e. The Balaban J connectivity index is 1.93. The monoisotopic (exact) mass is 296 g/mol. The summed E-state index contributed by atoms with van der Waals surface area (Å²) in [6.07, 6.45) is 1.43. The number of rotatable bonds is 5. The minimum Gasteiger partial charge on any atom is -0.480 e. The molecule has 2 heterocycles. The molecule has 0 bridgehead atoms. The van der Waals surface area contributed by atoms with E-state index in [1.807, 2.05) is 4.57 Å². The van der Waals surface area contributed by atoms with Crippen LogP contribution >= 0.6 is 0 Å². The zero-order valence-corrected chi connectivity index (χ0v) is 11.2. The molecule has 0 fully saturated rings. The Hall–Kier alpha value is -2.65. The molecule has 0 unspecified atom stereocenters. The van der Waals surface area contributed by atoms with E-state index in [1.54, 1.807) is 6.33 Å². The van der Waals surface area contributed by atoms with E-state index < -0.39 is 23.9 Å². The third-order valence-corrected chi connectivity index (χ3v) is 3.20. The zero-order valence-electron chi connectivity index (χ0n) is 11.2. The zero-order chi connectivity index (χ0) is 15.4. The van der Waals surface area contributed by atoms with Gasteiger partial charge in [0.2, 0.25) is 5.91 Å². The molecule has 1 atom stereocenters. The smallest absolute Gasteiger partial charge is 0.326 e. The van der Waals surface area contributed by atoms with E-state index in [2.05, 4.69) is 15.5 Å². The lowest BCUT2D eigenvalue weighted by Gasteiger charge is -2.28. The van der Waals surface area contributed by atoms with E-state index in [-0.39, 0.29) is 19.4 Å². The van der Waals surface area contributed by atoms with E-state index in [9.17, 15) is 14.4 Å². The van der Waals surface area contributed by atoms with Crippen molar-refractivity contribution < 1.29 is 19.5 Å². The van der Waals surface area contributed by atoms with E-state index in [1.165, 1.54) is 4.90 Å². The van der Waals surface area contributed by atoms with E-state index >= 15 is 0 Å². The van der Waals surface area contributed by atoms with Gasteiger partial charge in [0.15, 0.2) is 5.82 Å². The van der Waals surface area contributed by atoms with Crippen LogP contribution in [-0.2, 0) is 22.7 Å². The lowest BCUT2D eigenvalue weighted by atomic mass is 10.1. The molecule has 1 aromatic heterocycles. The van der Waals surface area contributed by atoms with Crippen molar-refractivity contribution in [3.63, 3.8) is 0 Å². The summed E-state index contributed by atoms with van der Waals surface area (Å²) < 4.78 is 1.82. The highest BCUT2D eigenvalue weighted by Gasteiger charge is 2.26. The van der Waals surface area contributed by atoms with Crippen LogP contribution in [0.5, 0.6) is 0 Å². The van der Waals surface area contributed by atoms with E-state index in [0.29, 0.717) is 18.9 Å². The molecule has 1 aromatic rings. The van der Waals surface area contributed by atoms with Crippen LogP contribution in [0.25, 0.3) is 0 Å². The number of nitrogens with one attached hydrogen (secondary N) is 1. The molecule has 4 N–H and O–H groups in total. The van der Waals surface area contributed by atoms with Gasteiger partial charge in [0, 0.05) is 19.5 Å². The van der Waals surface area contributed by atoms with E-state index in [0.717, 1.165) is 0 Å². The third-order valence-electron chi connectivity index (χ3n) is 3.20. The number of carbonyl (C=O) groups excluding carboxylic acids is 2. The second-order valence-electron chi connectivity index (χ2n) is 4.71. The molecule has 0 saturated carbocycles. The first-order valence-corrected chi connectivity index (χ1v) is 6.40. The fourth-order valence-corrected chi connectivity index (χ4v) is 2.02. The Morgan fingerprint density at radius 2 is 2.19 bits per heavy atom. The first-order chi connectivity index (χ1) is 9.97. The molecule has 0 saturated heterocycles. The normalized spacial score (nSPS) is 15.1. The molecular weight excluding hydrogens is 280 g/mol. The maximum atomic E-state index is 12.1. The summed E-state index contributed by atoms with van der Waals surface area (Å²) in [5.74, 6) is -1.17. The number of aromatic nitrogens is 3. The molecule has 1 aliphatic rings. The van der Waals surface area contributed by atoms with Crippen LogP contribution in [0.4, 0.5) is 4.79 Å². The van der Waals surface area contributed by atoms with Crippen molar-refractivity contribution >= 4 is 17.9 Å². The number of carbonyl (C=O) groups is 3. The number of nitrogens with zero attached hydrogens (tertiary/aromatic N) is 4. The van der Waals surface area contributed by atoms with Crippen molar-refractivity contribution in [2.24, 2.45) is 5.73 Å². The number of nitrogens with two attached hydrogens (primary N) is 1. The Labute approximate surface area is 119 Å². The molecule has 2 rings (SSSR count). The molecule has 0 aromatic carbocycles. The first-order valence-electron chi connectivity index (χ1n) is 6.40. The highest BCUT2D eigenvalue weighted by atomic mass is 16.4. The van der Waals surface area contributed by atoms with Crippen LogP contribution in [0.2, 0.25) is 0 Å². The largest absolute Gasteiger partial charge is 0.480 e. The lowest BCUT2D eigenvalue weighted by molar-refractivity contribution is -0.139. The van der Waals surface area contributed by atoms with Gasteiger partial charge in [-0.2, -0.15) is 0 Å². The molecule has 0 aliphatic carbocycles. The average molecular weight is 296 g/mol. The predicted molar refractivity (Wildman–Crippen MR) is 68.8 cm³/mol. The minimum atomic E-state index is -1.20. The topological polar surface area (TPSA) is 143 Å². The summed E-state index contributed by atoms with van der Waals surface area (Å²) in [6, 6.07) is -1.66. The van der Waals surface area contributed by atoms with Crippen molar-refractivity contribution in [3.05, 3.63) is 12.2 Å². The van der Waals surface area contributed by atoms with Gasteiger partial charge >= 0.3 is 12.0 Å². The number of urea groups is 1. The lowest BCUT2D eigenvalue weighted by Crippen LogP contribution is -2.50. The van der Waals surface area contributed by atoms with Gasteiger partial charge in [-0.1, -0.05) is 0 Å². The molecule has 114 valence electrons. The number of hydrogen-bond acceptors (Lipinski definition) is 5. The highest BCUT2D eigenvalue weighted by molar-refractivity contribution is 5.83. The summed E-state index contributed by atoms with van der Waals surface area (Å²) in [5, 5.41) is 19.1. The molecule has 1 aliphatic heterocycles. The molecule has 21 heavy (non-hydrogen) atoms. The Morgan fingerprint density at radius 1 is 1.43 bits per heavy atom. The van der Waals surface area contributed by atoms with Crippen molar-refractivity contribution in [3.8, 4) is 0 Å². The fourth-order valence-electron chi connectivity index (χ4n) is 2.02. The fraction of sp³-hybridized carbons (Fsp3) is 0.545.